The summed E-state index contributed by atoms with van der Waals surface area (Å²) in [6, 6.07) is 22.6. The molecular formula is C46H42F4N10O8. The highest BCUT2D eigenvalue weighted by atomic mass is 19.1. The SMILES string of the molecule is N#CCn1cc(C(=O)C(=O)N2CCN(C(=O)c3ccccc3)CC2)c2c(F)cc(F)cc21.N/C(Cn1cc(C(=O)C(=O)N2CCN(C(=O)c3ccccc3)CC2)c2c(F)cc(F)cc21)=N\O.NO. The first-order valence-corrected chi connectivity index (χ1v) is 20.6. The maximum absolute atomic E-state index is 14.6. The molecular weight excluding hydrogens is 897 g/mol. The first kappa shape index (κ1) is 49.0. The molecule has 0 aliphatic carbocycles. The lowest BCUT2D eigenvalue weighted by Crippen LogP contribution is -2.52. The lowest BCUT2D eigenvalue weighted by atomic mass is 10.1. The number of amides is 4. The van der Waals surface area contributed by atoms with E-state index in [1.165, 1.54) is 31.3 Å². The quantitative estimate of drug-likeness (QED) is 0.0309. The molecule has 0 bridgehead atoms. The summed E-state index contributed by atoms with van der Waals surface area (Å²) in [4.78, 5) is 82.7. The van der Waals surface area contributed by atoms with Gasteiger partial charge in [-0.15, -0.1) is 0 Å². The number of hydrogen-bond donors (Lipinski definition) is 4. The van der Waals surface area contributed by atoms with Crippen LogP contribution in [-0.4, -0.2) is 133 Å². The van der Waals surface area contributed by atoms with Crippen LogP contribution in [0.25, 0.3) is 21.8 Å². The summed E-state index contributed by atoms with van der Waals surface area (Å²) in [5, 5.41) is 26.7. The summed E-state index contributed by atoms with van der Waals surface area (Å²) in [5.41, 5.74) is 6.11. The van der Waals surface area contributed by atoms with Crippen LogP contribution in [0, 0.1) is 34.6 Å². The van der Waals surface area contributed by atoms with Crippen molar-refractivity contribution in [2.45, 2.75) is 13.1 Å². The predicted molar refractivity (Wildman–Crippen MR) is 235 cm³/mol. The van der Waals surface area contributed by atoms with Crippen LogP contribution in [-0.2, 0) is 22.7 Å². The molecule has 2 aliphatic rings. The first-order valence-electron chi connectivity index (χ1n) is 20.6. The molecule has 2 aliphatic heterocycles. The first-order chi connectivity index (χ1) is 32.7. The molecule has 0 atom stereocenters. The number of aromatic nitrogens is 2. The number of ketones is 2. The van der Waals surface area contributed by atoms with Crippen LogP contribution in [0.3, 0.4) is 0 Å². The Balaban J connectivity index is 0.000000216. The molecule has 0 unspecified atom stereocenters. The van der Waals surface area contributed by atoms with E-state index < -0.39 is 46.6 Å². The zero-order valence-corrected chi connectivity index (χ0v) is 35.9. The van der Waals surface area contributed by atoms with Crippen molar-refractivity contribution < 1.29 is 56.7 Å². The van der Waals surface area contributed by atoms with Crippen molar-refractivity contribution in [3.8, 4) is 6.07 Å². The van der Waals surface area contributed by atoms with Gasteiger partial charge >= 0.3 is 0 Å². The van der Waals surface area contributed by atoms with Crippen molar-refractivity contribution >= 4 is 62.8 Å². The molecule has 4 amide bonds. The summed E-state index contributed by atoms with van der Waals surface area (Å²) in [5.74, 6) is -4.43. The highest BCUT2D eigenvalue weighted by molar-refractivity contribution is 6.45. The van der Waals surface area contributed by atoms with Crippen molar-refractivity contribution in [3.63, 3.8) is 0 Å². The number of fused-ring (bicyclic) bond motifs is 2. The second-order valence-electron chi connectivity index (χ2n) is 15.2. The molecule has 2 aromatic heterocycles. The number of halogens is 4. The third-order valence-electron chi connectivity index (χ3n) is 11.1. The number of nitriles is 1. The maximum Gasteiger partial charge on any atom is 0.295 e. The van der Waals surface area contributed by atoms with Crippen LogP contribution in [0.2, 0.25) is 0 Å². The van der Waals surface area contributed by atoms with Crippen LogP contribution in [0.5, 0.6) is 0 Å². The summed E-state index contributed by atoms with van der Waals surface area (Å²) in [6.45, 7) is 1.04. The van der Waals surface area contributed by atoms with E-state index in [-0.39, 0.29) is 116 Å². The number of hydrogen-bond acceptors (Lipinski definition) is 11. The number of nitrogens with zero attached hydrogens (tertiary/aromatic N) is 8. The number of carbonyl (C=O) groups is 6. The minimum absolute atomic E-state index is 0.0153. The van der Waals surface area contributed by atoms with Gasteiger partial charge in [0.25, 0.3) is 35.2 Å². The second-order valence-corrected chi connectivity index (χ2v) is 15.2. The van der Waals surface area contributed by atoms with Gasteiger partial charge in [0, 0.05) is 98.8 Å². The van der Waals surface area contributed by atoms with E-state index in [2.05, 4.69) is 11.1 Å². The monoisotopic (exact) mass is 938 g/mol. The summed E-state index contributed by atoms with van der Waals surface area (Å²) in [7, 11) is 0. The molecule has 0 spiro atoms. The average molecular weight is 939 g/mol. The van der Waals surface area contributed by atoms with Gasteiger partial charge in [-0.05, 0) is 36.4 Å². The third kappa shape index (κ3) is 10.5. The van der Waals surface area contributed by atoms with Crippen molar-refractivity contribution in [3.05, 3.63) is 143 Å². The molecule has 4 aromatic carbocycles. The number of amidine groups is 1. The van der Waals surface area contributed by atoms with Gasteiger partial charge in [-0.1, -0.05) is 41.6 Å². The maximum atomic E-state index is 14.6. The fourth-order valence-corrected chi connectivity index (χ4v) is 7.84. The van der Waals surface area contributed by atoms with Gasteiger partial charge < -0.3 is 44.9 Å². The van der Waals surface area contributed by atoms with E-state index in [0.717, 1.165) is 12.1 Å². The Morgan fingerprint density at radius 1 is 0.588 bits per heavy atom. The lowest BCUT2D eigenvalue weighted by Gasteiger charge is -2.34. The van der Waals surface area contributed by atoms with Crippen LogP contribution in [0.15, 0.2) is 102 Å². The number of Topliss-reactive ketones (excluding diaryl/α,β-unsaturated/α-hetero) is 2. The Bertz CT molecular complexity index is 2960. The highest BCUT2D eigenvalue weighted by Crippen LogP contribution is 2.29. The van der Waals surface area contributed by atoms with Gasteiger partial charge in [0.1, 0.15) is 29.8 Å². The van der Waals surface area contributed by atoms with E-state index in [4.69, 9.17) is 21.4 Å². The molecule has 4 heterocycles. The Kier molecular flexibility index (Phi) is 15.7. The van der Waals surface area contributed by atoms with Crippen LogP contribution < -0.4 is 11.6 Å². The van der Waals surface area contributed by atoms with Gasteiger partial charge in [0.2, 0.25) is 0 Å². The van der Waals surface area contributed by atoms with Crippen LogP contribution >= 0.6 is 0 Å². The van der Waals surface area contributed by atoms with Gasteiger partial charge in [-0.25, -0.2) is 23.5 Å². The van der Waals surface area contributed by atoms with Gasteiger partial charge in [0.05, 0.1) is 34.8 Å². The Morgan fingerprint density at radius 3 is 1.34 bits per heavy atom. The van der Waals surface area contributed by atoms with E-state index >= 15 is 0 Å². The van der Waals surface area contributed by atoms with Crippen molar-refractivity contribution in [2.24, 2.45) is 16.8 Å². The van der Waals surface area contributed by atoms with Gasteiger partial charge in [0.15, 0.2) is 5.84 Å². The van der Waals surface area contributed by atoms with E-state index in [1.54, 1.807) is 64.4 Å². The number of carbonyl (C=O) groups excluding carboxylic acids is 6. The van der Waals surface area contributed by atoms with E-state index in [0.29, 0.717) is 23.3 Å². The Labute approximate surface area is 384 Å². The van der Waals surface area contributed by atoms with Gasteiger partial charge in [-0.3, -0.25) is 28.8 Å². The summed E-state index contributed by atoms with van der Waals surface area (Å²) < 4.78 is 59.1. The fraction of sp³-hybridized carbons (Fsp3) is 0.217. The van der Waals surface area contributed by atoms with E-state index in [1.807, 2.05) is 12.1 Å². The second kappa shape index (κ2) is 21.7. The number of rotatable bonds is 9. The van der Waals surface area contributed by atoms with E-state index in [9.17, 15) is 46.3 Å². The summed E-state index contributed by atoms with van der Waals surface area (Å²) in [6.07, 6.45) is 2.38. The minimum atomic E-state index is -1.01. The fourth-order valence-electron chi connectivity index (χ4n) is 7.84. The molecule has 6 N–H and O–H groups in total. The smallest absolute Gasteiger partial charge is 0.295 e. The normalized spacial score (nSPS) is 13.8. The standard InChI is InChI=1S/C23H21F2N5O4.C23H18F2N4O3.H3NO/c24-15-10-17(25)20-16(12-30(18(20)11-15)13-19(26)27-34)21(31)23(33)29-8-6-28(7-9-29)22(32)14-4-2-1-3-5-14;24-16-12-18(25)20-17(14-29(7-6-26)19(20)13-16)21(30)23(32)28-10-8-27(9-11-28)22(31)15-4-2-1-3-5-15;1-2/h1-5,10-12,34H,6-9,13H2,(H2,26,27);1-5,12-14H,7-11H2;2H,1H2. The highest BCUT2D eigenvalue weighted by Gasteiger charge is 2.33. The van der Waals surface area contributed by atoms with Crippen LogP contribution in [0.1, 0.15) is 41.4 Å². The van der Waals surface area contributed by atoms with Crippen molar-refractivity contribution in [2.75, 3.05) is 52.4 Å². The molecule has 6 aromatic rings. The largest absolute Gasteiger partial charge is 0.409 e. The average Bonchev–Trinajstić information content (AvgIpc) is 3.92. The Hall–Kier alpha value is -8.42. The molecule has 0 radical (unpaired) electrons. The molecule has 0 saturated carbocycles. The molecule has 8 rings (SSSR count). The topological polar surface area (TPSA) is 254 Å². The summed E-state index contributed by atoms with van der Waals surface area (Å²) >= 11 is 0. The molecule has 68 heavy (non-hydrogen) atoms. The number of benzene rings is 4. The molecule has 2 saturated heterocycles. The Morgan fingerprint density at radius 2 is 0.956 bits per heavy atom. The minimum Gasteiger partial charge on any atom is -0.409 e. The molecule has 2 fully saturated rings. The van der Waals surface area contributed by atoms with Crippen LogP contribution in [0.4, 0.5) is 17.6 Å². The van der Waals surface area contributed by atoms with Crippen molar-refractivity contribution in [1.82, 2.24) is 28.7 Å². The molecule has 352 valence electrons. The number of nitrogens with two attached hydrogens (primary N) is 2. The number of piperazine rings is 2. The lowest BCUT2D eigenvalue weighted by molar-refractivity contribution is -0.128. The molecule has 22 heteroatoms. The number of oxime groups is 1. The zero-order valence-electron chi connectivity index (χ0n) is 35.9. The molecule has 18 nitrogen and oxygen atoms in total. The zero-order chi connectivity index (χ0) is 49.2. The van der Waals surface area contributed by atoms with Gasteiger partial charge in [-0.2, -0.15) is 5.26 Å². The van der Waals surface area contributed by atoms with Crippen molar-refractivity contribution in [1.29, 1.82) is 5.26 Å². The third-order valence-corrected chi connectivity index (χ3v) is 11.1. The predicted octanol–water partition coefficient (Wildman–Crippen LogP) is 3.78.